The van der Waals surface area contributed by atoms with Gasteiger partial charge in [0.15, 0.2) is 0 Å². The Balaban J connectivity index is 2.15. The summed E-state index contributed by atoms with van der Waals surface area (Å²) in [4.78, 5) is 24.1. The lowest BCUT2D eigenvalue weighted by molar-refractivity contribution is -0.133. The second-order valence-electron chi connectivity index (χ2n) is 5.31. The Morgan fingerprint density at radius 3 is 2.17 bits per heavy atom. The average molecular weight is 351 g/mol. The van der Waals surface area contributed by atoms with Crippen LogP contribution in [0.1, 0.15) is 16.7 Å². The van der Waals surface area contributed by atoms with Gasteiger partial charge in [-0.3, -0.25) is 9.59 Å². The number of benzene rings is 2. The number of hydrogen-bond acceptors (Lipinski definition) is 2. The van der Waals surface area contributed by atoms with Crippen molar-refractivity contribution in [3.63, 3.8) is 0 Å². The van der Waals surface area contributed by atoms with Crippen LogP contribution in [0.3, 0.4) is 0 Å². The standard InChI is InChI=1S/C17H16Cl2N2O2/c1-9-6-11(3)15(13(19)7-9)21-17(23)16(22)20-14-8-12(18)5-4-10(14)2/h4-8H,1-3H3,(H,20,22)(H,21,23). The lowest BCUT2D eigenvalue weighted by Gasteiger charge is -2.12. The number of rotatable bonds is 2. The van der Waals surface area contributed by atoms with Crippen molar-refractivity contribution >= 4 is 46.4 Å². The van der Waals surface area contributed by atoms with Gasteiger partial charge in [-0.1, -0.05) is 35.3 Å². The average Bonchev–Trinajstić information content (AvgIpc) is 2.46. The van der Waals surface area contributed by atoms with Gasteiger partial charge in [0.2, 0.25) is 0 Å². The van der Waals surface area contributed by atoms with Crippen LogP contribution in [0.5, 0.6) is 0 Å². The van der Waals surface area contributed by atoms with Gasteiger partial charge < -0.3 is 10.6 Å². The molecule has 4 nitrogen and oxygen atoms in total. The van der Waals surface area contributed by atoms with E-state index in [0.717, 1.165) is 16.7 Å². The molecule has 0 saturated carbocycles. The quantitative estimate of drug-likeness (QED) is 0.783. The van der Waals surface area contributed by atoms with Crippen LogP contribution in [0.25, 0.3) is 0 Å². The van der Waals surface area contributed by atoms with Crippen LogP contribution >= 0.6 is 23.2 Å². The Morgan fingerprint density at radius 1 is 0.870 bits per heavy atom. The summed E-state index contributed by atoms with van der Waals surface area (Å²) in [6.45, 7) is 5.53. The maximum absolute atomic E-state index is 12.1. The second-order valence-corrected chi connectivity index (χ2v) is 6.15. The Hall–Kier alpha value is -2.04. The fraction of sp³-hybridized carbons (Fsp3) is 0.176. The van der Waals surface area contributed by atoms with Crippen molar-refractivity contribution in [2.24, 2.45) is 0 Å². The van der Waals surface area contributed by atoms with Gasteiger partial charge in [-0.15, -0.1) is 0 Å². The molecule has 0 unspecified atom stereocenters. The lowest BCUT2D eigenvalue weighted by Crippen LogP contribution is -2.29. The van der Waals surface area contributed by atoms with Gasteiger partial charge >= 0.3 is 11.8 Å². The fourth-order valence-electron chi connectivity index (χ4n) is 2.15. The molecule has 2 rings (SSSR count). The summed E-state index contributed by atoms with van der Waals surface area (Å²) < 4.78 is 0. The van der Waals surface area contributed by atoms with E-state index >= 15 is 0 Å². The predicted octanol–water partition coefficient (Wildman–Crippen LogP) is 4.50. The minimum Gasteiger partial charge on any atom is -0.317 e. The first-order valence-corrected chi connectivity index (χ1v) is 7.68. The van der Waals surface area contributed by atoms with Gasteiger partial charge in [-0.25, -0.2) is 0 Å². The maximum atomic E-state index is 12.1. The minimum atomic E-state index is -0.793. The number of nitrogens with one attached hydrogen (secondary N) is 2. The molecule has 6 heteroatoms. The van der Waals surface area contributed by atoms with Gasteiger partial charge in [0.05, 0.1) is 10.7 Å². The molecule has 0 atom stereocenters. The number of amides is 2. The van der Waals surface area contributed by atoms with Crippen molar-refractivity contribution in [2.75, 3.05) is 10.6 Å². The summed E-state index contributed by atoms with van der Waals surface area (Å²) in [6.07, 6.45) is 0. The van der Waals surface area contributed by atoms with Crippen molar-refractivity contribution in [3.8, 4) is 0 Å². The van der Waals surface area contributed by atoms with E-state index in [2.05, 4.69) is 10.6 Å². The highest BCUT2D eigenvalue weighted by atomic mass is 35.5. The van der Waals surface area contributed by atoms with E-state index in [1.807, 2.05) is 26.8 Å². The van der Waals surface area contributed by atoms with Crippen molar-refractivity contribution in [1.29, 1.82) is 0 Å². The third kappa shape index (κ3) is 4.24. The Bertz CT molecular complexity index is 765. The molecule has 2 aromatic rings. The summed E-state index contributed by atoms with van der Waals surface area (Å²) in [7, 11) is 0. The van der Waals surface area contributed by atoms with Crippen LogP contribution in [-0.2, 0) is 9.59 Å². The molecule has 120 valence electrons. The molecule has 0 aromatic heterocycles. The molecule has 2 N–H and O–H groups in total. The van der Waals surface area contributed by atoms with Gasteiger partial charge in [-0.2, -0.15) is 0 Å². The molecule has 0 spiro atoms. The molecular weight excluding hydrogens is 335 g/mol. The highest BCUT2D eigenvalue weighted by molar-refractivity contribution is 6.45. The number of carbonyl (C=O) groups is 2. The van der Waals surface area contributed by atoms with Crippen LogP contribution in [-0.4, -0.2) is 11.8 Å². The lowest BCUT2D eigenvalue weighted by atomic mass is 10.1. The molecular formula is C17H16Cl2N2O2. The second kappa shape index (κ2) is 7.02. The Labute approximate surface area is 144 Å². The number of halogens is 2. The van der Waals surface area contributed by atoms with Crippen LogP contribution < -0.4 is 10.6 Å². The van der Waals surface area contributed by atoms with Crippen LogP contribution in [0.2, 0.25) is 10.0 Å². The molecule has 0 heterocycles. The van der Waals surface area contributed by atoms with Crippen LogP contribution in [0.4, 0.5) is 11.4 Å². The van der Waals surface area contributed by atoms with E-state index < -0.39 is 11.8 Å². The highest BCUT2D eigenvalue weighted by Gasteiger charge is 2.17. The maximum Gasteiger partial charge on any atom is 0.314 e. The predicted molar refractivity (Wildman–Crippen MR) is 94.4 cm³/mol. The zero-order chi connectivity index (χ0) is 17.1. The van der Waals surface area contributed by atoms with Crippen LogP contribution in [0, 0.1) is 20.8 Å². The summed E-state index contributed by atoms with van der Waals surface area (Å²) in [5, 5.41) is 5.95. The molecule has 0 aliphatic rings. The van der Waals surface area contributed by atoms with Crippen molar-refractivity contribution in [3.05, 3.63) is 57.1 Å². The van der Waals surface area contributed by atoms with E-state index in [9.17, 15) is 9.59 Å². The smallest absolute Gasteiger partial charge is 0.314 e. The molecule has 0 fully saturated rings. The first kappa shape index (κ1) is 17.3. The first-order chi connectivity index (χ1) is 10.8. The minimum absolute atomic E-state index is 0.391. The molecule has 2 aromatic carbocycles. The Morgan fingerprint density at radius 2 is 1.52 bits per heavy atom. The monoisotopic (exact) mass is 350 g/mol. The number of anilines is 2. The highest BCUT2D eigenvalue weighted by Crippen LogP contribution is 2.27. The van der Waals surface area contributed by atoms with Gasteiger partial charge in [0, 0.05) is 10.7 Å². The first-order valence-electron chi connectivity index (χ1n) is 6.93. The fourth-order valence-corrected chi connectivity index (χ4v) is 2.69. The summed E-state index contributed by atoms with van der Waals surface area (Å²) in [5.74, 6) is -1.58. The zero-order valence-electron chi connectivity index (χ0n) is 13.0. The summed E-state index contributed by atoms with van der Waals surface area (Å²) in [5.41, 5.74) is 3.49. The third-order valence-electron chi connectivity index (χ3n) is 3.32. The number of aryl methyl sites for hydroxylation is 3. The normalized spacial score (nSPS) is 10.3. The molecule has 0 aliphatic heterocycles. The molecule has 2 amide bonds. The van der Waals surface area contributed by atoms with Crippen molar-refractivity contribution in [2.45, 2.75) is 20.8 Å². The number of carbonyl (C=O) groups excluding carboxylic acids is 2. The zero-order valence-corrected chi connectivity index (χ0v) is 14.5. The molecule has 0 bridgehead atoms. The molecule has 0 radical (unpaired) electrons. The van der Waals surface area contributed by atoms with Crippen LogP contribution in [0.15, 0.2) is 30.3 Å². The van der Waals surface area contributed by atoms with Gasteiger partial charge in [-0.05, 0) is 55.7 Å². The van der Waals surface area contributed by atoms with Gasteiger partial charge in [0.1, 0.15) is 0 Å². The third-order valence-corrected chi connectivity index (χ3v) is 3.86. The van der Waals surface area contributed by atoms with E-state index in [0.29, 0.717) is 21.4 Å². The topological polar surface area (TPSA) is 58.2 Å². The molecule has 23 heavy (non-hydrogen) atoms. The van der Waals surface area contributed by atoms with E-state index in [4.69, 9.17) is 23.2 Å². The number of hydrogen-bond donors (Lipinski definition) is 2. The summed E-state index contributed by atoms with van der Waals surface area (Å²) in [6, 6.07) is 8.66. The summed E-state index contributed by atoms with van der Waals surface area (Å²) >= 11 is 12.0. The SMILES string of the molecule is Cc1cc(C)c(NC(=O)C(=O)Nc2cc(Cl)ccc2C)c(Cl)c1. The van der Waals surface area contributed by atoms with Gasteiger partial charge in [0.25, 0.3) is 0 Å². The molecule has 0 aliphatic carbocycles. The van der Waals surface area contributed by atoms with E-state index in [-0.39, 0.29) is 0 Å². The van der Waals surface area contributed by atoms with Crippen molar-refractivity contribution in [1.82, 2.24) is 0 Å². The van der Waals surface area contributed by atoms with E-state index in [1.165, 1.54) is 0 Å². The van der Waals surface area contributed by atoms with E-state index in [1.54, 1.807) is 24.3 Å². The van der Waals surface area contributed by atoms with Crippen molar-refractivity contribution < 1.29 is 9.59 Å². The largest absolute Gasteiger partial charge is 0.317 e. The molecule has 0 saturated heterocycles. The Kier molecular flexibility index (Phi) is 5.29.